The average molecular weight is 340 g/mol. The lowest BCUT2D eigenvalue weighted by molar-refractivity contribution is 0.232. The molecule has 3 rings (SSSR count). The lowest BCUT2D eigenvalue weighted by atomic mass is 10.0. The molecule has 1 aromatic heterocycles. The van der Waals surface area contributed by atoms with Gasteiger partial charge in [0, 0.05) is 24.2 Å². The van der Waals surface area contributed by atoms with Gasteiger partial charge in [-0.25, -0.2) is 9.98 Å². The molecule has 2 heterocycles. The Morgan fingerprint density at radius 1 is 1.36 bits per heavy atom. The highest BCUT2D eigenvalue weighted by Crippen LogP contribution is 2.31. The van der Waals surface area contributed by atoms with Crippen LogP contribution in [0.15, 0.2) is 47.6 Å². The summed E-state index contributed by atoms with van der Waals surface area (Å²) in [6.45, 7) is 5.09. The molecule has 3 N–H and O–H groups in total. The van der Waals surface area contributed by atoms with E-state index in [0.717, 1.165) is 23.3 Å². The van der Waals surface area contributed by atoms with Crippen LogP contribution in [0.2, 0.25) is 0 Å². The zero-order chi connectivity index (χ0) is 17.6. The number of pyridine rings is 1. The van der Waals surface area contributed by atoms with Crippen LogP contribution in [0, 0.1) is 0 Å². The van der Waals surface area contributed by atoms with Gasteiger partial charge in [-0.15, -0.1) is 0 Å². The number of guanidine groups is 1. The van der Waals surface area contributed by atoms with Gasteiger partial charge in [-0.2, -0.15) is 0 Å². The second-order valence-electron chi connectivity index (χ2n) is 6.24. The highest BCUT2D eigenvalue weighted by molar-refractivity contribution is 5.78. The van der Waals surface area contributed by atoms with E-state index in [1.54, 1.807) is 6.20 Å². The van der Waals surface area contributed by atoms with Crippen LogP contribution in [-0.2, 0) is 6.54 Å². The van der Waals surface area contributed by atoms with Crippen LogP contribution in [-0.4, -0.2) is 23.7 Å². The zero-order valence-electron chi connectivity index (χ0n) is 14.6. The normalized spacial score (nSPS) is 16.9. The Kier molecular flexibility index (Phi) is 5.38. The van der Waals surface area contributed by atoms with Crippen molar-refractivity contribution >= 4 is 5.96 Å². The second kappa shape index (κ2) is 7.88. The molecule has 0 aliphatic carbocycles. The van der Waals surface area contributed by atoms with Crippen molar-refractivity contribution in [3.05, 3.63) is 53.7 Å². The molecule has 1 aliphatic heterocycles. The van der Waals surface area contributed by atoms with E-state index in [1.165, 1.54) is 0 Å². The molecular formula is C19H24N4O2. The van der Waals surface area contributed by atoms with Crippen molar-refractivity contribution in [3.63, 3.8) is 0 Å². The molecule has 0 radical (unpaired) electrons. The van der Waals surface area contributed by atoms with Gasteiger partial charge in [0.1, 0.15) is 5.75 Å². The molecule has 6 nitrogen and oxygen atoms in total. The van der Waals surface area contributed by atoms with E-state index in [2.05, 4.69) is 21.4 Å². The first-order valence-corrected chi connectivity index (χ1v) is 8.51. The number of hydrogen-bond donors (Lipinski definition) is 2. The summed E-state index contributed by atoms with van der Waals surface area (Å²) >= 11 is 0. The van der Waals surface area contributed by atoms with Crippen LogP contribution >= 0.6 is 0 Å². The topological polar surface area (TPSA) is 81.8 Å². The van der Waals surface area contributed by atoms with Crippen LogP contribution in [0.4, 0.5) is 0 Å². The summed E-state index contributed by atoms with van der Waals surface area (Å²) in [5.74, 6) is 1.95. The fourth-order valence-electron chi connectivity index (χ4n) is 2.71. The van der Waals surface area contributed by atoms with Crippen molar-refractivity contribution in [3.8, 4) is 11.6 Å². The first-order valence-electron chi connectivity index (χ1n) is 8.51. The van der Waals surface area contributed by atoms with E-state index in [1.807, 2.05) is 44.2 Å². The molecule has 1 unspecified atom stereocenters. The fraction of sp³-hybridized carbons (Fsp3) is 0.368. The Hall–Kier alpha value is -2.76. The Morgan fingerprint density at radius 2 is 2.20 bits per heavy atom. The highest BCUT2D eigenvalue weighted by Gasteiger charge is 2.21. The molecule has 2 aromatic rings. The second-order valence-corrected chi connectivity index (χ2v) is 6.24. The summed E-state index contributed by atoms with van der Waals surface area (Å²) in [4.78, 5) is 8.69. The Morgan fingerprint density at radius 3 is 2.96 bits per heavy atom. The number of nitrogens with zero attached hydrogens (tertiary/aromatic N) is 2. The summed E-state index contributed by atoms with van der Waals surface area (Å²) in [5, 5.41) is 3.29. The quantitative estimate of drug-likeness (QED) is 0.646. The molecular weight excluding hydrogens is 316 g/mol. The van der Waals surface area contributed by atoms with E-state index in [4.69, 9.17) is 15.2 Å². The Bertz CT molecular complexity index is 728. The molecule has 0 saturated heterocycles. The van der Waals surface area contributed by atoms with Crippen molar-refractivity contribution in [1.29, 1.82) is 0 Å². The lowest BCUT2D eigenvalue weighted by Crippen LogP contribution is -2.37. The number of para-hydroxylation sites is 1. The standard InChI is InChI=1S/C19H24N4O2/c1-13(2)25-18-8-7-14(11-21-18)12-22-19(20)23-16-9-10-24-17-6-4-3-5-15(16)17/h3-8,11,13,16H,9-10,12H2,1-2H3,(H3,20,22,23). The van der Waals surface area contributed by atoms with Gasteiger partial charge in [-0.3, -0.25) is 0 Å². The molecule has 6 heteroatoms. The van der Waals surface area contributed by atoms with E-state index in [9.17, 15) is 0 Å². The number of fused-ring (bicyclic) bond motifs is 1. The van der Waals surface area contributed by atoms with Gasteiger partial charge in [0.05, 0.1) is 25.3 Å². The summed E-state index contributed by atoms with van der Waals surface area (Å²) in [6.07, 6.45) is 2.73. The van der Waals surface area contributed by atoms with E-state index < -0.39 is 0 Å². The maximum atomic E-state index is 6.06. The summed E-state index contributed by atoms with van der Waals surface area (Å²) in [5.41, 5.74) is 8.15. The molecule has 0 amide bonds. The number of aromatic nitrogens is 1. The van der Waals surface area contributed by atoms with Crippen molar-refractivity contribution in [2.24, 2.45) is 10.7 Å². The van der Waals surface area contributed by atoms with Crippen LogP contribution in [0.3, 0.4) is 0 Å². The van der Waals surface area contributed by atoms with Gasteiger partial charge in [0.2, 0.25) is 5.88 Å². The van der Waals surface area contributed by atoms with Crippen LogP contribution in [0.5, 0.6) is 11.6 Å². The van der Waals surface area contributed by atoms with Crippen LogP contribution in [0.25, 0.3) is 0 Å². The maximum Gasteiger partial charge on any atom is 0.213 e. The number of rotatable bonds is 5. The van der Waals surface area contributed by atoms with Crippen molar-refractivity contribution in [2.75, 3.05) is 6.61 Å². The summed E-state index contributed by atoms with van der Waals surface area (Å²) in [6, 6.07) is 11.9. The van der Waals surface area contributed by atoms with Crippen molar-refractivity contribution in [2.45, 2.75) is 39.0 Å². The molecule has 1 aromatic carbocycles. The van der Waals surface area contributed by atoms with Crippen LogP contribution < -0.4 is 20.5 Å². The molecule has 0 spiro atoms. The van der Waals surface area contributed by atoms with E-state index in [-0.39, 0.29) is 12.1 Å². The predicted octanol–water partition coefficient (Wildman–Crippen LogP) is 2.80. The summed E-state index contributed by atoms with van der Waals surface area (Å²) < 4.78 is 11.2. The molecule has 25 heavy (non-hydrogen) atoms. The molecule has 0 bridgehead atoms. The fourth-order valence-corrected chi connectivity index (χ4v) is 2.71. The minimum Gasteiger partial charge on any atom is -0.493 e. The molecule has 132 valence electrons. The van der Waals surface area contributed by atoms with Crippen molar-refractivity contribution in [1.82, 2.24) is 10.3 Å². The first-order chi connectivity index (χ1) is 12.1. The van der Waals surface area contributed by atoms with E-state index in [0.29, 0.717) is 25.0 Å². The SMILES string of the molecule is CC(C)Oc1ccc(CN=C(N)NC2CCOc3ccccc32)cn1. The highest BCUT2D eigenvalue weighted by atomic mass is 16.5. The third kappa shape index (κ3) is 4.62. The largest absolute Gasteiger partial charge is 0.493 e. The predicted molar refractivity (Wildman–Crippen MR) is 97.8 cm³/mol. The smallest absolute Gasteiger partial charge is 0.213 e. The summed E-state index contributed by atoms with van der Waals surface area (Å²) in [7, 11) is 0. The van der Waals surface area contributed by atoms with Gasteiger partial charge in [0.25, 0.3) is 0 Å². The minimum absolute atomic E-state index is 0.110. The number of nitrogens with two attached hydrogens (primary N) is 1. The number of ether oxygens (including phenoxy) is 2. The minimum atomic E-state index is 0.110. The average Bonchev–Trinajstić information content (AvgIpc) is 2.61. The van der Waals surface area contributed by atoms with Gasteiger partial charge in [-0.05, 0) is 25.5 Å². The Balaban J connectivity index is 1.59. The molecule has 0 saturated carbocycles. The van der Waals surface area contributed by atoms with E-state index >= 15 is 0 Å². The van der Waals surface area contributed by atoms with Gasteiger partial charge in [-0.1, -0.05) is 24.3 Å². The number of hydrogen-bond acceptors (Lipinski definition) is 4. The molecule has 1 aliphatic rings. The number of nitrogens with one attached hydrogen (secondary N) is 1. The molecule has 1 atom stereocenters. The zero-order valence-corrected chi connectivity index (χ0v) is 14.6. The number of aliphatic imine (C=N–C) groups is 1. The maximum absolute atomic E-state index is 6.06. The van der Waals surface area contributed by atoms with Gasteiger partial charge in [0.15, 0.2) is 5.96 Å². The van der Waals surface area contributed by atoms with Crippen molar-refractivity contribution < 1.29 is 9.47 Å². The van der Waals surface area contributed by atoms with Gasteiger partial charge >= 0.3 is 0 Å². The first kappa shape index (κ1) is 17.1. The third-order valence-electron chi connectivity index (χ3n) is 3.87. The lowest BCUT2D eigenvalue weighted by Gasteiger charge is -2.26. The van der Waals surface area contributed by atoms with Crippen LogP contribution in [0.1, 0.15) is 37.4 Å². The van der Waals surface area contributed by atoms with Gasteiger partial charge < -0.3 is 20.5 Å². The number of benzene rings is 1. The monoisotopic (exact) mass is 340 g/mol. The molecule has 0 fully saturated rings. The third-order valence-corrected chi connectivity index (χ3v) is 3.87. The Labute approximate surface area is 148 Å².